The molecule has 2 bridgehead atoms. The van der Waals surface area contributed by atoms with Gasteiger partial charge in [0.1, 0.15) is 5.82 Å². The van der Waals surface area contributed by atoms with Crippen LogP contribution in [0.1, 0.15) is 30.7 Å². The summed E-state index contributed by atoms with van der Waals surface area (Å²) in [7, 11) is 0. The van der Waals surface area contributed by atoms with Crippen LogP contribution in [0.2, 0.25) is 0 Å². The number of carbonyl (C=O) groups is 1. The molecule has 0 amide bonds. The second-order valence-corrected chi connectivity index (χ2v) is 5.59. The average Bonchev–Trinajstić information content (AvgIpc) is 2.97. The number of rotatable bonds is 4. The third kappa shape index (κ3) is 2.18. The van der Waals surface area contributed by atoms with Crippen molar-refractivity contribution in [2.45, 2.75) is 25.2 Å². The van der Waals surface area contributed by atoms with Crippen LogP contribution in [0, 0.1) is 23.6 Å². The summed E-state index contributed by atoms with van der Waals surface area (Å²) in [6, 6.07) is 6.91. The summed E-state index contributed by atoms with van der Waals surface area (Å²) in [5, 5.41) is 8.86. The van der Waals surface area contributed by atoms with E-state index in [2.05, 4.69) is 12.2 Å². The quantitative estimate of drug-likeness (QED) is 0.840. The molecule has 1 aromatic carbocycles. The van der Waals surface area contributed by atoms with E-state index in [0.717, 1.165) is 12.0 Å². The Hall–Kier alpha value is -1.64. The molecule has 0 radical (unpaired) electrons. The van der Waals surface area contributed by atoms with E-state index >= 15 is 0 Å². The molecule has 0 aliphatic heterocycles. The van der Waals surface area contributed by atoms with Gasteiger partial charge in [0.05, 0.1) is 0 Å². The van der Waals surface area contributed by atoms with Crippen molar-refractivity contribution in [2.24, 2.45) is 17.8 Å². The minimum Gasteiger partial charge on any atom is -0.481 e. The Morgan fingerprint density at radius 1 is 1.26 bits per heavy atom. The molecule has 0 saturated heterocycles. The molecule has 2 aliphatic rings. The number of hydrogen-bond donors (Lipinski definition) is 1. The summed E-state index contributed by atoms with van der Waals surface area (Å²) in [4.78, 5) is 10.8. The van der Waals surface area contributed by atoms with Crippen LogP contribution in [0.4, 0.5) is 4.39 Å². The molecular weight excluding hydrogens is 243 g/mol. The minimum atomic E-state index is -0.765. The fraction of sp³-hybridized carbons (Fsp3) is 0.438. The Kier molecular flexibility index (Phi) is 3.13. The van der Waals surface area contributed by atoms with Gasteiger partial charge >= 0.3 is 5.97 Å². The first kappa shape index (κ1) is 12.4. The van der Waals surface area contributed by atoms with Gasteiger partial charge in [-0.2, -0.15) is 0 Å². The Balaban J connectivity index is 1.88. The highest BCUT2D eigenvalue weighted by Gasteiger charge is 2.45. The summed E-state index contributed by atoms with van der Waals surface area (Å²) in [5.74, 6) is 0.293. The molecule has 3 heteroatoms. The van der Waals surface area contributed by atoms with Crippen LogP contribution in [0.25, 0.3) is 0 Å². The summed E-state index contributed by atoms with van der Waals surface area (Å²) >= 11 is 0. The summed E-state index contributed by atoms with van der Waals surface area (Å²) in [6.07, 6.45) is 6.23. The first-order valence-electron chi connectivity index (χ1n) is 6.81. The van der Waals surface area contributed by atoms with Gasteiger partial charge in [-0.3, -0.25) is 4.79 Å². The van der Waals surface area contributed by atoms with Crippen molar-refractivity contribution in [2.75, 3.05) is 0 Å². The lowest BCUT2D eigenvalue weighted by Gasteiger charge is -2.28. The predicted octanol–water partition coefficient (Wildman–Crippen LogP) is 3.60. The molecule has 0 aromatic heterocycles. The second kappa shape index (κ2) is 4.80. The highest BCUT2D eigenvalue weighted by atomic mass is 19.1. The van der Waals surface area contributed by atoms with Crippen molar-refractivity contribution in [1.29, 1.82) is 0 Å². The average molecular weight is 260 g/mol. The third-order valence-corrected chi connectivity index (χ3v) is 4.58. The van der Waals surface area contributed by atoms with E-state index in [1.807, 2.05) is 12.1 Å². The van der Waals surface area contributed by atoms with Crippen LogP contribution < -0.4 is 0 Å². The fourth-order valence-electron chi connectivity index (χ4n) is 3.81. The van der Waals surface area contributed by atoms with E-state index in [9.17, 15) is 9.18 Å². The molecule has 4 atom stereocenters. The Morgan fingerprint density at radius 3 is 2.74 bits per heavy atom. The van der Waals surface area contributed by atoms with E-state index in [0.29, 0.717) is 18.3 Å². The first-order chi connectivity index (χ1) is 9.16. The number of carboxylic acid groups (broad SMARTS) is 1. The lowest BCUT2D eigenvalue weighted by atomic mass is 9.76. The van der Waals surface area contributed by atoms with Crippen molar-refractivity contribution < 1.29 is 14.3 Å². The van der Waals surface area contributed by atoms with Gasteiger partial charge in [0, 0.05) is 6.42 Å². The third-order valence-electron chi connectivity index (χ3n) is 4.58. The van der Waals surface area contributed by atoms with Crippen LogP contribution in [-0.4, -0.2) is 11.1 Å². The topological polar surface area (TPSA) is 37.3 Å². The Labute approximate surface area is 112 Å². The standard InChI is InChI=1S/C16H17FO2/c17-14-4-2-1-3-13(14)16-11-6-5-10(9-11)12(16)7-8-15(18)19/h1-6,10-12,16H,7-9H2,(H,18,19). The molecule has 2 aliphatic carbocycles. The van der Waals surface area contributed by atoms with Gasteiger partial charge in [0.25, 0.3) is 0 Å². The first-order valence-corrected chi connectivity index (χ1v) is 6.81. The number of fused-ring (bicyclic) bond motifs is 2. The Bertz CT molecular complexity index is 523. The van der Waals surface area contributed by atoms with E-state index in [1.165, 1.54) is 6.07 Å². The van der Waals surface area contributed by atoms with Crippen LogP contribution >= 0.6 is 0 Å². The highest BCUT2D eigenvalue weighted by Crippen LogP contribution is 2.54. The van der Waals surface area contributed by atoms with Crippen LogP contribution in [0.5, 0.6) is 0 Å². The van der Waals surface area contributed by atoms with E-state index < -0.39 is 5.97 Å². The molecule has 1 aromatic rings. The molecule has 4 unspecified atom stereocenters. The SMILES string of the molecule is O=C(O)CCC1C2C=CC(C2)C1c1ccccc1F. The summed E-state index contributed by atoms with van der Waals surface area (Å²) < 4.78 is 14.0. The van der Waals surface area contributed by atoms with Gasteiger partial charge < -0.3 is 5.11 Å². The molecule has 2 nitrogen and oxygen atoms in total. The molecule has 1 fully saturated rings. The molecule has 1 saturated carbocycles. The normalized spacial score (nSPS) is 31.8. The van der Waals surface area contributed by atoms with Gasteiger partial charge in [-0.1, -0.05) is 30.4 Å². The van der Waals surface area contributed by atoms with Gasteiger partial charge in [-0.25, -0.2) is 4.39 Å². The largest absolute Gasteiger partial charge is 0.481 e. The lowest BCUT2D eigenvalue weighted by molar-refractivity contribution is -0.137. The predicted molar refractivity (Wildman–Crippen MR) is 70.2 cm³/mol. The highest BCUT2D eigenvalue weighted by molar-refractivity contribution is 5.66. The van der Waals surface area contributed by atoms with Gasteiger partial charge in [-0.15, -0.1) is 0 Å². The smallest absolute Gasteiger partial charge is 0.303 e. The van der Waals surface area contributed by atoms with Crippen molar-refractivity contribution in [3.8, 4) is 0 Å². The number of halogens is 1. The van der Waals surface area contributed by atoms with E-state index in [1.54, 1.807) is 6.07 Å². The maximum atomic E-state index is 14.0. The summed E-state index contributed by atoms with van der Waals surface area (Å²) in [6.45, 7) is 0. The van der Waals surface area contributed by atoms with Gasteiger partial charge in [0.2, 0.25) is 0 Å². The number of hydrogen-bond acceptors (Lipinski definition) is 1. The zero-order valence-electron chi connectivity index (χ0n) is 10.6. The molecule has 0 heterocycles. The van der Waals surface area contributed by atoms with Crippen molar-refractivity contribution in [3.63, 3.8) is 0 Å². The Morgan fingerprint density at radius 2 is 2.00 bits per heavy atom. The molecule has 3 rings (SSSR count). The van der Waals surface area contributed by atoms with Crippen molar-refractivity contribution in [3.05, 3.63) is 47.8 Å². The van der Waals surface area contributed by atoms with Crippen LogP contribution in [0.3, 0.4) is 0 Å². The van der Waals surface area contributed by atoms with Gasteiger partial charge in [0.15, 0.2) is 0 Å². The van der Waals surface area contributed by atoms with E-state index in [4.69, 9.17) is 5.11 Å². The number of carboxylic acids is 1. The zero-order chi connectivity index (χ0) is 13.4. The molecular formula is C16H17FO2. The van der Waals surface area contributed by atoms with Crippen molar-refractivity contribution >= 4 is 5.97 Å². The van der Waals surface area contributed by atoms with Crippen molar-refractivity contribution in [1.82, 2.24) is 0 Å². The molecule has 100 valence electrons. The monoisotopic (exact) mass is 260 g/mol. The molecule has 1 N–H and O–H groups in total. The molecule has 19 heavy (non-hydrogen) atoms. The number of allylic oxidation sites excluding steroid dienone is 2. The summed E-state index contributed by atoms with van der Waals surface area (Å²) in [5.41, 5.74) is 0.759. The number of aliphatic carboxylic acids is 1. The van der Waals surface area contributed by atoms with Crippen LogP contribution in [0.15, 0.2) is 36.4 Å². The number of benzene rings is 1. The van der Waals surface area contributed by atoms with Crippen LogP contribution in [-0.2, 0) is 4.79 Å². The minimum absolute atomic E-state index is 0.149. The molecule has 0 spiro atoms. The maximum Gasteiger partial charge on any atom is 0.303 e. The zero-order valence-corrected chi connectivity index (χ0v) is 10.6. The second-order valence-electron chi connectivity index (χ2n) is 5.59. The maximum absolute atomic E-state index is 14.0. The fourth-order valence-corrected chi connectivity index (χ4v) is 3.81. The van der Waals surface area contributed by atoms with E-state index in [-0.39, 0.29) is 24.1 Å². The lowest BCUT2D eigenvalue weighted by Crippen LogP contribution is -2.20. The van der Waals surface area contributed by atoms with Gasteiger partial charge in [-0.05, 0) is 48.1 Å².